The van der Waals surface area contributed by atoms with Crippen molar-refractivity contribution in [1.82, 2.24) is 10.2 Å². The standard InChI is InChI=1S/C30H35Cl2N3O4S/c1-5-22(4)33-30(37)28(6-2)34(19-23-9-11-24(31)12-10-23)29(36)20-35(26-15-13-25(32)14-16-26)40(38,39)27-17-7-21(3)8-18-27/h7-18,22,28H,5-6,19-20H2,1-4H3,(H,33,37)/t22-,28+/m0/s1. The smallest absolute Gasteiger partial charge is 0.264 e. The Kier molecular flexibility index (Phi) is 11.0. The molecule has 0 bridgehead atoms. The fourth-order valence-corrected chi connectivity index (χ4v) is 5.79. The van der Waals surface area contributed by atoms with Crippen molar-refractivity contribution in [2.24, 2.45) is 0 Å². The molecule has 0 aliphatic heterocycles. The molecule has 0 spiro atoms. The first-order valence-corrected chi connectivity index (χ1v) is 15.3. The number of halogens is 2. The first kappa shape index (κ1) is 31.5. The monoisotopic (exact) mass is 603 g/mol. The molecule has 10 heteroatoms. The average Bonchev–Trinajstić information content (AvgIpc) is 2.93. The Labute approximate surface area is 247 Å². The maximum Gasteiger partial charge on any atom is 0.264 e. The summed E-state index contributed by atoms with van der Waals surface area (Å²) in [6, 6.07) is 18.8. The number of hydrogen-bond donors (Lipinski definition) is 1. The van der Waals surface area contributed by atoms with Gasteiger partial charge in [-0.15, -0.1) is 0 Å². The van der Waals surface area contributed by atoms with Crippen LogP contribution < -0.4 is 9.62 Å². The lowest BCUT2D eigenvalue weighted by atomic mass is 10.1. The number of hydrogen-bond acceptors (Lipinski definition) is 4. The van der Waals surface area contributed by atoms with Gasteiger partial charge >= 0.3 is 0 Å². The van der Waals surface area contributed by atoms with Gasteiger partial charge in [-0.1, -0.05) is 66.9 Å². The van der Waals surface area contributed by atoms with Crippen LogP contribution in [0.2, 0.25) is 10.0 Å². The Hall–Kier alpha value is -3.07. The number of aryl methyl sites for hydroxylation is 1. The van der Waals surface area contributed by atoms with Crippen molar-refractivity contribution in [3.63, 3.8) is 0 Å². The van der Waals surface area contributed by atoms with Crippen LogP contribution in [0.25, 0.3) is 0 Å². The number of carbonyl (C=O) groups is 2. The van der Waals surface area contributed by atoms with Gasteiger partial charge in [0.2, 0.25) is 11.8 Å². The fraction of sp³-hybridized carbons (Fsp3) is 0.333. The third-order valence-corrected chi connectivity index (χ3v) is 8.95. The molecule has 1 N–H and O–H groups in total. The molecule has 0 fully saturated rings. The van der Waals surface area contributed by atoms with E-state index in [1.54, 1.807) is 60.7 Å². The Morgan fingerprint density at radius 3 is 1.93 bits per heavy atom. The van der Waals surface area contributed by atoms with E-state index in [9.17, 15) is 18.0 Å². The molecule has 3 rings (SSSR count). The number of nitrogens with zero attached hydrogens (tertiary/aromatic N) is 2. The lowest BCUT2D eigenvalue weighted by molar-refractivity contribution is -0.140. The Balaban J connectivity index is 2.04. The molecule has 2 atom stereocenters. The summed E-state index contributed by atoms with van der Waals surface area (Å²) < 4.78 is 28.8. The van der Waals surface area contributed by atoms with Gasteiger partial charge in [-0.3, -0.25) is 13.9 Å². The number of rotatable bonds is 12. The summed E-state index contributed by atoms with van der Waals surface area (Å²) in [5.74, 6) is -0.815. The van der Waals surface area contributed by atoms with Crippen LogP contribution in [-0.2, 0) is 26.2 Å². The SMILES string of the molecule is CC[C@H](C(=O)N[C@@H](C)CC)N(Cc1ccc(Cl)cc1)C(=O)CN(c1ccc(Cl)cc1)S(=O)(=O)c1ccc(C)cc1. The van der Waals surface area contributed by atoms with E-state index >= 15 is 0 Å². The van der Waals surface area contributed by atoms with Crippen LogP contribution in [0, 0.1) is 6.92 Å². The maximum atomic E-state index is 14.0. The van der Waals surface area contributed by atoms with Gasteiger partial charge in [0.05, 0.1) is 10.6 Å². The van der Waals surface area contributed by atoms with Crippen molar-refractivity contribution >= 4 is 50.7 Å². The third kappa shape index (κ3) is 7.99. The van der Waals surface area contributed by atoms with Gasteiger partial charge in [0.1, 0.15) is 12.6 Å². The van der Waals surface area contributed by atoms with E-state index in [-0.39, 0.29) is 29.1 Å². The van der Waals surface area contributed by atoms with E-state index < -0.39 is 28.5 Å². The number of anilines is 1. The van der Waals surface area contributed by atoms with Crippen LogP contribution >= 0.6 is 23.2 Å². The molecule has 7 nitrogen and oxygen atoms in total. The highest BCUT2D eigenvalue weighted by Gasteiger charge is 2.34. The number of nitrogens with one attached hydrogen (secondary N) is 1. The predicted molar refractivity (Wildman–Crippen MR) is 161 cm³/mol. The van der Waals surface area contributed by atoms with Crippen molar-refractivity contribution in [2.75, 3.05) is 10.8 Å². The molecule has 0 unspecified atom stereocenters. The second-order valence-electron chi connectivity index (χ2n) is 9.69. The predicted octanol–water partition coefficient (Wildman–Crippen LogP) is 6.22. The maximum absolute atomic E-state index is 14.0. The van der Waals surface area contributed by atoms with Gasteiger partial charge in [-0.2, -0.15) is 0 Å². The molecule has 0 aromatic heterocycles. The Bertz CT molecular complexity index is 1400. The largest absolute Gasteiger partial charge is 0.352 e. The highest BCUT2D eigenvalue weighted by molar-refractivity contribution is 7.92. The van der Waals surface area contributed by atoms with Crippen LogP contribution in [-0.4, -0.2) is 43.8 Å². The highest BCUT2D eigenvalue weighted by Crippen LogP contribution is 2.26. The summed E-state index contributed by atoms with van der Waals surface area (Å²) in [5, 5.41) is 3.94. The topological polar surface area (TPSA) is 86.8 Å². The van der Waals surface area contributed by atoms with E-state index in [0.29, 0.717) is 16.5 Å². The molecule has 3 aromatic carbocycles. The van der Waals surface area contributed by atoms with Gasteiger partial charge in [0.25, 0.3) is 10.0 Å². The van der Waals surface area contributed by atoms with Crippen LogP contribution in [0.15, 0.2) is 77.7 Å². The number of sulfonamides is 1. The summed E-state index contributed by atoms with van der Waals surface area (Å²) in [6.07, 6.45) is 1.07. The normalized spacial score (nSPS) is 12.8. The van der Waals surface area contributed by atoms with Gasteiger partial charge < -0.3 is 10.2 Å². The van der Waals surface area contributed by atoms with E-state index in [0.717, 1.165) is 21.9 Å². The number of amides is 2. The fourth-order valence-electron chi connectivity index (χ4n) is 4.12. The molecule has 3 aromatic rings. The van der Waals surface area contributed by atoms with Crippen LogP contribution in [0.4, 0.5) is 5.69 Å². The summed E-state index contributed by atoms with van der Waals surface area (Å²) in [4.78, 5) is 28.8. The summed E-state index contributed by atoms with van der Waals surface area (Å²) in [7, 11) is -4.14. The van der Waals surface area contributed by atoms with E-state index in [4.69, 9.17) is 23.2 Å². The van der Waals surface area contributed by atoms with Crippen molar-refractivity contribution in [3.8, 4) is 0 Å². The summed E-state index contributed by atoms with van der Waals surface area (Å²) in [6.45, 7) is 7.12. The molecule has 0 heterocycles. The van der Waals surface area contributed by atoms with Gasteiger partial charge in [-0.25, -0.2) is 8.42 Å². The van der Waals surface area contributed by atoms with E-state index in [2.05, 4.69) is 5.32 Å². The minimum atomic E-state index is -4.14. The zero-order valence-electron chi connectivity index (χ0n) is 23.1. The van der Waals surface area contributed by atoms with Crippen molar-refractivity contribution in [3.05, 3.63) is 94.0 Å². The highest BCUT2D eigenvalue weighted by atomic mass is 35.5. The molecular weight excluding hydrogens is 569 g/mol. The zero-order chi connectivity index (χ0) is 29.4. The first-order chi connectivity index (χ1) is 19.0. The van der Waals surface area contributed by atoms with Crippen molar-refractivity contribution in [2.45, 2.75) is 64.1 Å². The second kappa shape index (κ2) is 14.0. The number of carbonyl (C=O) groups excluding carboxylic acids is 2. The molecule has 0 aliphatic rings. The Morgan fingerprint density at radius 1 is 0.850 bits per heavy atom. The second-order valence-corrected chi connectivity index (χ2v) is 12.4. The molecular formula is C30H35Cl2N3O4S. The van der Waals surface area contributed by atoms with Gasteiger partial charge in [-0.05, 0) is 80.8 Å². The molecule has 0 saturated heterocycles. The minimum Gasteiger partial charge on any atom is -0.352 e. The first-order valence-electron chi connectivity index (χ1n) is 13.2. The van der Waals surface area contributed by atoms with E-state index in [1.807, 2.05) is 27.7 Å². The molecule has 2 amide bonds. The van der Waals surface area contributed by atoms with Crippen molar-refractivity contribution < 1.29 is 18.0 Å². The minimum absolute atomic E-state index is 0.0478. The number of benzene rings is 3. The molecule has 0 aliphatic carbocycles. The lowest BCUT2D eigenvalue weighted by Gasteiger charge is -2.33. The van der Waals surface area contributed by atoms with Crippen LogP contribution in [0.3, 0.4) is 0 Å². The summed E-state index contributed by atoms with van der Waals surface area (Å²) in [5.41, 5.74) is 1.94. The third-order valence-electron chi connectivity index (χ3n) is 6.66. The molecule has 0 saturated carbocycles. The van der Waals surface area contributed by atoms with E-state index in [1.165, 1.54) is 17.0 Å². The zero-order valence-corrected chi connectivity index (χ0v) is 25.4. The quantitative estimate of drug-likeness (QED) is 0.266. The molecule has 40 heavy (non-hydrogen) atoms. The van der Waals surface area contributed by atoms with Crippen LogP contribution in [0.5, 0.6) is 0 Å². The molecule has 214 valence electrons. The molecule has 0 radical (unpaired) electrons. The van der Waals surface area contributed by atoms with Gasteiger partial charge in [0, 0.05) is 22.6 Å². The summed E-state index contributed by atoms with van der Waals surface area (Å²) >= 11 is 12.1. The van der Waals surface area contributed by atoms with Crippen molar-refractivity contribution in [1.29, 1.82) is 0 Å². The Morgan fingerprint density at radius 2 is 1.40 bits per heavy atom. The van der Waals surface area contributed by atoms with Crippen LogP contribution in [0.1, 0.15) is 44.7 Å². The lowest BCUT2D eigenvalue weighted by Crippen LogP contribution is -2.53. The average molecular weight is 605 g/mol. The van der Waals surface area contributed by atoms with Gasteiger partial charge in [0.15, 0.2) is 0 Å².